The maximum atomic E-state index is 13.9. The number of nitrogens with zero attached hydrogens (tertiary/aromatic N) is 7. The molecule has 0 saturated carbocycles. The number of likely N-dealkylation sites (tertiary alicyclic amines) is 1. The Morgan fingerprint density at radius 2 is 1.77 bits per heavy atom. The monoisotopic (exact) mass is 597 g/mol. The third-order valence-electron chi connectivity index (χ3n) is 7.41. The van der Waals surface area contributed by atoms with Crippen LogP contribution in [0.3, 0.4) is 0 Å². The molecule has 43 heavy (non-hydrogen) atoms. The first-order chi connectivity index (χ1) is 20.7. The van der Waals surface area contributed by atoms with Gasteiger partial charge in [-0.3, -0.25) is 23.6 Å². The highest BCUT2D eigenvalue weighted by Gasteiger charge is 2.29. The van der Waals surface area contributed by atoms with Crippen molar-refractivity contribution in [1.29, 1.82) is 0 Å². The number of halogens is 1. The molecule has 4 aromatic heterocycles. The van der Waals surface area contributed by atoms with Gasteiger partial charge in [-0.15, -0.1) is 0 Å². The number of fused-ring (bicyclic) bond motifs is 1. The number of hydrogen-bond donors (Lipinski definition) is 2. The summed E-state index contributed by atoms with van der Waals surface area (Å²) >= 11 is 5.99. The van der Waals surface area contributed by atoms with Crippen molar-refractivity contribution in [2.45, 2.75) is 20.0 Å². The minimum absolute atomic E-state index is 0.0959. The zero-order valence-corrected chi connectivity index (χ0v) is 24.2. The molecule has 218 valence electrons. The topological polar surface area (TPSA) is 154 Å². The van der Waals surface area contributed by atoms with Crippen LogP contribution in [0.2, 0.25) is 5.02 Å². The molecule has 1 aliphatic heterocycles. The quantitative estimate of drug-likeness (QED) is 0.290. The summed E-state index contributed by atoms with van der Waals surface area (Å²) in [5, 5.41) is 8.16. The van der Waals surface area contributed by atoms with Crippen LogP contribution in [0.15, 0.2) is 66.1 Å². The van der Waals surface area contributed by atoms with Gasteiger partial charge in [0.25, 0.3) is 11.5 Å². The zero-order chi connectivity index (χ0) is 30.2. The minimum Gasteiger partial charge on any atom is -0.368 e. The summed E-state index contributed by atoms with van der Waals surface area (Å²) < 4.78 is 2.93. The third-order valence-corrected chi connectivity index (χ3v) is 7.66. The number of nitrogens with one attached hydrogen (secondary N) is 1. The van der Waals surface area contributed by atoms with Gasteiger partial charge in [-0.05, 0) is 29.7 Å². The molecule has 1 fully saturated rings. The Bertz CT molecular complexity index is 1910. The van der Waals surface area contributed by atoms with E-state index in [0.29, 0.717) is 46.1 Å². The van der Waals surface area contributed by atoms with Crippen molar-refractivity contribution in [2.75, 3.05) is 18.8 Å². The maximum Gasteiger partial charge on any atom is 0.265 e. The molecule has 5 heterocycles. The molecule has 0 radical (unpaired) electrons. The van der Waals surface area contributed by atoms with Gasteiger partial charge in [0.1, 0.15) is 17.8 Å². The average Bonchev–Trinajstić information content (AvgIpc) is 3.42. The Morgan fingerprint density at radius 1 is 1.05 bits per heavy atom. The van der Waals surface area contributed by atoms with Gasteiger partial charge < -0.3 is 16.0 Å². The molecule has 0 atom stereocenters. The number of carbonyl (C=O) groups is 2. The number of aryl methyl sites for hydroxylation is 1. The molecule has 1 aromatic carbocycles. The Morgan fingerprint density at radius 3 is 2.42 bits per heavy atom. The number of anilines is 1. The summed E-state index contributed by atoms with van der Waals surface area (Å²) in [5.41, 5.74) is 8.71. The fraction of sp³-hybridized carbons (Fsp3) is 0.233. The summed E-state index contributed by atoms with van der Waals surface area (Å²) in [7, 11) is 1.80. The molecular formula is C30H28ClN9O3. The number of rotatable bonds is 7. The number of hydrogen-bond acceptors (Lipinski definition) is 8. The highest BCUT2D eigenvalue weighted by atomic mass is 35.5. The highest BCUT2D eigenvalue weighted by molar-refractivity contribution is 6.30. The van der Waals surface area contributed by atoms with E-state index >= 15 is 0 Å². The van der Waals surface area contributed by atoms with Crippen LogP contribution in [-0.2, 0) is 24.9 Å². The highest BCUT2D eigenvalue weighted by Crippen LogP contribution is 2.36. The third kappa shape index (κ3) is 5.56. The number of carbonyl (C=O) groups excluding carboxylic acids is 2. The van der Waals surface area contributed by atoms with Crippen molar-refractivity contribution >= 4 is 40.4 Å². The predicted molar refractivity (Wildman–Crippen MR) is 162 cm³/mol. The zero-order valence-electron chi connectivity index (χ0n) is 23.5. The van der Waals surface area contributed by atoms with E-state index in [1.807, 2.05) is 6.20 Å². The van der Waals surface area contributed by atoms with E-state index in [2.05, 4.69) is 32.3 Å². The summed E-state index contributed by atoms with van der Waals surface area (Å²) in [6.07, 6.45) is 8.28. The van der Waals surface area contributed by atoms with Crippen LogP contribution >= 0.6 is 11.6 Å². The smallest absolute Gasteiger partial charge is 0.265 e. The first kappa shape index (κ1) is 28.0. The van der Waals surface area contributed by atoms with Gasteiger partial charge >= 0.3 is 0 Å². The lowest BCUT2D eigenvalue weighted by Gasteiger charge is -2.37. The Hall–Kier alpha value is -5.10. The number of amides is 2. The fourth-order valence-electron chi connectivity index (χ4n) is 5.20. The fourth-order valence-corrected chi connectivity index (χ4v) is 5.33. The van der Waals surface area contributed by atoms with Gasteiger partial charge in [-0.1, -0.05) is 30.7 Å². The number of nitrogen functional groups attached to an aromatic ring is 1. The molecule has 0 aliphatic carbocycles. The summed E-state index contributed by atoms with van der Waals surface area (Å²) in [6, 6.07) is 8.54. The van der Waals surface area contributed by atoms with E-state index in [1.165, 1.54) is 10.6 Å². The number of pyridine rings is 2. The molecule has 0 bridgehead atoms. The van der Waals surface area contributed by atoms with E-state index in [4.69, 9.17) is 17.3 Å². The molecule has 0 spiro atoms. The van der Waals surface area contributed by atoms with Crippen molar-refractivity contribution in [3.63, 3.8) is 0 Å². The molecule has 1 aliphatic rings. The van der Waals surface area contributed by atoms with E-state index in [0.717, 1.165) is 11.1 Å². The first-order valence-electron chi connectivity index (χ1n) is 13.6. The summed E-state index contributed by atoms with van der Waals surface area (Å²) in [5.74, 6) is -0.332. The lowest BCUT2D eigenvalue weighted by atomic mass is 9.95. The molecule has 13 heteroatoms. The van der Waals surface area contributed by atoms with Gasteiger partial charge in [-0.25, -0.2) is 15.0 Å². The van der Waals surface area contributed by atoms with E-state index in [-0.39, 0.29) is 36.2 Å². The van der Waals surface area contributed by atoms with E-state index in [1.54, 1.807) is 65.7 Å². The van der Waals surface area contributed by atoms with Crippen LogP contribution in [0.1, 0.15) is 22.8 Å². The van der Waals surface area contributed by atoms with Crippen LogP contribution in [0.4, 0.5) is 5.95 Å². The van der Waals surface area contributed by atoms with Crippen molar-refractivity contribution in [3.05, 3.63) is 87.8 Å². The predicted octanol–water partition coefficient (Wildman–Crippen LogP) is 2.90. The standard InChI is InChI=1S/C30H28ClN9O3/c1-17-13-39(14-17)25(41)16-40-27-22(7-23(29(40)43)28(42)34-8-18-3-5-21(31)6-4-18)26(19-9-35-30(32)36-10-19)24(12-33-27)20-11-37-38(2)15-20/h3-7,9-12,15,17H,8,13-14,16H2,1-2H3,(H,34,42)(H2,32,35,36). The van der Waals surface area contributed by atoms with Gasteiger partial charge in [0.2, 0.25) is 11.9 Å². The van der Waals surface area contributed by atoms with Crippen molar-refractivity contribution < 1.29 is 9.59 Å². The second-order valence-electron chi connectivity index (χ2n) is 10.7. The van der Waals surface area contributed by atoms with Gasteiger partial charge in [0, 0.05) is 84.1 Å². The number of benzene rings is 1. The molecule has 6 rings (SSSR count). The lowest BCUT2D eigenvalue weighted by Crippen LogP contribution is -2.50. The van der Waals surface area contributed by atoms with E-state index < -0.39 is 11.5 Å². The minimum atomic E-state index is -0.621. The molecule has 2 amide bonds. The Kier molecular flexibility index (Phi) is 7.36. The van der Waals surface area contributed by atoms with Crippen LogP contribution in [-0.4, -0.2) is 59.1 Å². The lowest BCUT2D eigenvalue weighted by molar-refractivity contribution is -0.137. The largest absolute Gasteiger partial charge is 0.368 e. The normalized spacial score (nSPS) is 13.2. The van der Waals surface area contributed by atoms with Crippen molar-refractivity contribution in [1.82, 2.24) is 39.5 Å². The Balaban J connectivity index is 1.53. The van der Waals surface area contributed by atoms with Gasteiger partial charge in [0.05, 0.1) is 6.20 Å². The number of aromatic nitrogens is 6. The average molecular weight is 598 g/mol. The van der Waals surface area contributed by atoms with Crippen molar-refractivity contribution in [3.8, 4) is 22.3 Å². The molecule has 12 nitrogen and oxygen atoms in total. The van der Waals surface area contributed by atoms with Crippen LogP contribution in [0.25, 0.3) is 33.3 Å². The molecule has 5 aromatic rings. The number of nitrogens with two attached hydrogens (primary N) is 1. The molecular weight excluding hydrogens is 570 g/mol. The van der Waals surface area contributed by atoms with Crippen LogP contribution in [0, 0.1) is 5.92 Å². The van der Waals surface area contributed by atoms with Crippen LogP contribution in [0.5, 0.6) is 0 Å². The van der Waals surface area contributed by atoms with Crippen molar-refractivity contribution in [2.24, 2.45) is 13.0 Å². The van der Waals surface area contributed by atoms with Gasteiger partial charge in [-0.2, -0.15) is 5.10 Å². The first-order valence-corrected chi connectivity index (χ1v) is 14.0. The maximum absolute atomic E-state index is 13.9. The summed E-state index contributed by atoms with van der Waals surface area (Å²) in [4.78, 5) is 55.3. The van der Waals surface area contributed by atoms with Crippen LogP contribution < -0.4 is 16.6 Å². The van der Waals surface area contributed by atoms with Gasteiger partial charge in [0.15, 0.2) is 0 Å². The molecule has 3 N–H and O–H groups in total. The second-order valence-corrected chi connectivity index (χ2v) is 11.1. The molecule has 0 unspecified atom stereocenters. The Labute approximate surface area is 251 Å². The van der Waals surface area contributed by atoms with E-state index in [9.17, 15) is 14.4 Å². The second kappa shape index (κ2) is 11.3. The molecule has 1 saturated heterocycles. The SMILES string of the molecule is CC1CN(C(=O)Cn2c(=O)c(C(=O)NCc3ccc(Cl)cc3)cc3c(-c4cnc(N)nc4)c(-c4cnn(C)c4)cnc32)C1. The summed E-state index contributed by atoms with van der Waals surface area (Å²) in [6.45, 7) is 3.18.